The number of hydrogen-bond donors (Lipinski definition) is 2. The number of furan rings is 1. The predicted molar refractivity (Wildman–Crippen MR) is 82.3 cm³/mol. The first-order valence-electron chi connectivity index (χ1n) is 6.74. The van der Waals surface area contributed by atoms with Gasteiger partial charge in [0.2, 0.25) is 0 Å². The second-order valence-corrected chi connectivity index (χ2v) is 5.63. The molecule has 1 aromatic heterocycles. The second kappa shape index (κ2) is 6.76. The van der Waals surface area contributed by atoms with Crippen LogP contribution in [0, 0.1) is 0 Å². The SMILES string of the molecule is CCCC[C@H](NC(=O)c1cc2cccc(Br)c2o1)C(=O)O. The van der Waals surface area contributed by atoms with Crippen LogP contribution in [0.25, 0.3) is 11.0 Å². The minimum Gasteiger partial charge on any atom is -0.480 e. The van der Waals surface area contributed by atoms with Gasteiger partial charge >= 0.3 is 5.97 Å². The van der Waals surface area contributed by atoms with E-state index in [0.717, 1.165) is 22.7 Å². The molecule has 0 fully saturated rings. The van der Waals surface area contributed by atoms with Crippen molar-refractivity contribution >= 4 is 38.8 Å². The standard InChI is InChI=1S/C15H16BrNO4/c1-2-3-7-11(15(19)20)17-14(18)12-8-9-5-4-6-10(16)13(9)21-12/h4-6,8,11H,2-3,7H2,1H3,(H,17,18)(H,19,20)/t11-/m0/s1. The number of rotatable bonds is 6. The van der Waals surface area contributed by atoms with E-state index in [1.54, 1.807) is 6.07 Å². The van der Waals surface area contributed by atoms with Crippen molar-refractivity contribution in [1.29, 1.82) is 0 Å². The zero-order valence-electron chi connectivity index (χ0n) is 11.6. The molecule has 1 aromatic carbocycles. The number of halogens is 1. The summed E-state index contributed by atoms with van der Waals surface area (Å²) in [5.74, 6) is -1.43. The van der Waals surface area contributed by atoms with Gasteiger partial charge in [0, 0.05) is 5.39 Å². The summed E-state index contributed by atoms with van der Waals surface area (Å²) in [7, 11) is 0. The number of fused-ring (bicyclic) bond motifs is 1. The van der Waals surface area contributed by atoms with Crippen molar-refractivity contribution in [3.63, 3.8) is 0 Å². The van der Waals surface area contributed by atoms with Crippen molar-refractivity contribution < 1.29 is 19.1 Å². The number of aliphatic carboxylic acids is 1. The lowest BCUT2D eigenvalue weighted by molar-refractivity contribution is -0.139. The zero-order chi connectivity index (χ0) is 15.4. The normalized spacial score (nSPS) is 12.3. The van der Waals surface area contributed by atoms with Gasteiger partial charge in [-0.1, -0.05) is 31.9 Å². The molecule has 1 atom stereocenters. The summed E-state index contributed by atoms with van der Waals surface area (Å²) in [5, 5.41) is 12.4. The van der Waals surface area contributed by atoms with E-state index in [4.69, 9.17) is 9.52 Å². The lowest BCUT2D eigenvalue weighted by Gasteiger charge is -2.12. The third-order valence-corrected chi connectivity index (χ3v) is 3.79. The number of carbonyl (C=O) groups excluding carboxylic acids is 1. The fraction of sp³-hybridized carbons (Fsp3) is 0.333. The maximum absolute atomic E-state index is 12.1. The third kappa shape index (κ3) is 3.64. The number of nitrogens with one attached hydrogen (secondary N) is 1. The number of amides is 1. The molecule has 0 radical (unpaired) electrons. The highest BCUT2D eigenvalue weighted by Gasteiger charge is 2.22. The number of carboxylic acid groups (broad SMARTS) is 1. The highest BCUT2D eigenvalue weighted by molar-refractivity contribution is 9.10. The van der Waals surface area contributed by atoms with E-state index in [0.29, 0.717) is 12.0 Å². The van der Waals surface area contributed by atoms with Gasteiger partial charge in [0.25, 0.3) is 5.91 Å². The summed E-state index contributed by atoms with van der Waals surface area (Å²) in [4.78, 5) is 23.3. The van der Waals surface area contributed by atoms with E-state index in [1.807, 2.05) is 25.1 Å². The van der Waals surface area contributed by atoms with E-state index in [9.17, 15) is 9.59 Å². The zero-order valence-corrected chi connectivity index (χ0v) is 13.1. The number of para-hydroxylation sites is 1. The Hall–Kier alpha value is -1.82. The Morgan fingerprint density at radius 2 is 2.19 bits per heavy atom. The molecule has 1 heterocycles. The predicted octanol–water partition coefficient (Wildman–Crippen LogP) is 3.57. The fourth-order valence-corrected chi connectivity index (χ4v) is 2.50. The monoisotopic (exact) mass is 353 g/mol. The molecule has 0 unspecified atom stereocenters. The lowest BCUT2D eigenvalue weighted by atomic mass is 10.1. The molecule has 6 heteroatoms. The molecular formula is C15H16BrNO4. The van der Waals surface area contributed by atoms with Crippen LogP contribution in [0.4, 0.5) is 0 Å². The van der Waals surface area contributed by atoms with Gasteiger partial charge in [0.05, 0.1) is 4.47 Å². The van der Waals surface area contributed by atoms with Crippen LogP contribution in [-0.2, 0) is 4.79 Å². The van der Waals surface area contributed by atoms with Crippen molar-refractivity contribution in [1.82, 2.24) is 5.32 Å². The van der Waals surface area contributed by atoms with Crippen molar-refractivity contribution in [3.05, 3.63) is 34.5 Å². The number of benzene rings is 1. The van der Waals surface area contributed by atoms with Gasteiger partial charge in [-0.05, 0) is 34.5 Å². The summed E-state index contributed by atoms with van der Waals surface area (Å²) in [6.45, 7) is 1.97. The van der Waals surface area contributed by atoms with Gasteiger partial charge in [-0.15, -0.1) is 0 Å². The van der Waals surface area contributed by atoms with Crippen LogP contribution in [0.2, 0.25) is 0 Å². The largest absolute Gasteiger partial charge is 0.480 e. The Morgan fingerprint density at radius 1 is 1.43 bits per heavy atom. The van der Waals surface area contributed by atoms with Crippen LogP contribution in [0.1, 0.15) is 36.7 Å². The van der Waals surface area contributed by atoms with Gasteiger partial charge in [-0.3, -0.25) is 4.79 Å². The second-order valence-electron chi connectivity index (χ2n) is 4.78. The average Bonchev–Trinajstić information content (AvgIpc) is 2.88. The molecule has 2 aromatic rings. The Bertz CT molecular complexity index is 665. The van der Waals surface area contributed by atoms with Gasteiger partial charge in [-0.25, -0.2) is 4.79 Å². The summed E-state index contributed by atoms with van der Waals surface area (Å²) >= 11 is 3.35. The number of carboxylic acids is 1. The summed E-state index contributed by atoms with van der Waals surface area (Å²) in [5.41, 5.74) is 0.572. The molecule has 0 saturated heterocycles. The number of unbranched alkanes of at least 4 members (excludes halogenated alkanes) is 1. The van der Waals surface area contributed by atoms with Crippen molar-refractivity contribution in [2.75, 3.05) is 0 Å². The summed E-state index contributed by atoms with van der Waals surface area (Å²) < 4.78 is 6.24. The smallest absolute Gasteiger partial charge is 0.326 e. The molecule has 5 nitrogen and oxygen atoms in total. The van der Waals surface area contributed by atoms with E-state index >= 15 is 0 Å². The van der Waals surface area contributed by atoms with E-state index < -0.39 is 17.9 Å². The number of carbonyl (C=O) groups is 2. The molecule has 0 aliphatic carbocycles. The van der Waals surface area contributed by atoms with Crippen LogP contribution in [0.15, 0.2) is 33.2 Å². The molecule has 2 rings (SSSR count). The first kappa shape index (κ1) is 15.6. The molecule has 21 heavy (non-hydrogen) atoms. The molecule has 2 N–H and O–H groups in total. The van der Waals surface area contributed by atoms with Crippen molar-refractivity contribution in [2.24, 2.45) is 0 Å². The highest BCUT2D eigenvalue weighted by Crippen LogP contribution is 2.26. The third-order valence-electron chi connectivity index (χ3n) is 3.17. The summed E-state index contributed by atoms with van der Waals surface area (Å²) in [6, 6.07) is 6.19. The van der Waals surface area contributed by atoms with Gasteiger partial charge in [-0.2, -0.15) is 0 Å². The Balaban J connectivity index is 2.17. The van der Waals surface area contributed by atoms with Crippen LogP contribution in [-0.4, -0.2) is 23.0 Å². The summed E-state index contributed by atoms with van der Waals surface area (Å²) in [6.07, 6.45) is 2.02. The maximum Gasteiger partial charge on any atom is 0.326 e. The van der Waals surface area contributed by atoms with Crippen LogP contribution in [0.3, 0.4) is 0 Å². The Morgan fingerprint density at radius 3 is 2.81 bits per heavy atom. The van der Waals surface area contributed by atoms with Crippen molar-refractivity contribution in [3.8, 4) is 0 Å². The molecule has 1 amide bonds. The van der Waals surface area contributed by atoms with Crippen LogP contribution < -0.4 is 5.32 Å². The molecule has 0 spiro atoms. The Labute approximate surface area is 130 Å². The lowest BCUT2D eigenvalue weighted by Crippen LogP contribution is -2.40. The molecule has 112 valence electrons. The maximum atomic E-state index is 12.1. The molecule has 0 saturated carbocycles. The molecule has 0 aliphatic heterocycles. The van der Waals surface area contributed by atoms with Crippen molar-refractivity contribution in [2.45, 2.75) is 32.2 Å². The minimum absolute atomic E-state index is 0.111. The first-order chi connectivity index (χ1) is 10.0. The topological polar surface area (TPSA) is 79.5 Å². The molecule has 0 bridgehead atoms. The first-order valence-corrected chi connectivity index (χ1v) is 7.54. The van der Waals surface area contributed by atoms with Gasteiger partial charge in [0.15, 0.2) is 5.76 Å². The fourth-order valence-electron chi connectivity index (χ4n) is 2.03. The van der Waals surface area contributed by atoms with Gasteiger partial charge < -0.3 is 14.8 Å². The van der Waals surface area contributed by atoms with E-state index in [-0.39, 0.29) is 5.76 Å². The van der Waals surface area contributed by atoms with Crippen LogP contribution >= 0.6 is 15.9 Å². The van der Waals surface area contributed by atoms with Crippen LogP contribution in [0.5, 0.6) is 0 Å². The number of hydrogen-bond acceptors (Lipinski definition) is 3. The Kier molecular flexibility index (Phi) is 5.01. The quantitative estimate of drug-likeness (QED) is 0.831. The highest BCUT2D eigenvalue weighted by atomic mass is 79.9. The van der Waals surface area contributed by atoms with E-state index in [2.05, 4.69) is 21.2 Å². The van der Waals surface area contributed by atoms with Gasteiger partial charge in [0.1, 0.15) is 11.6 Å². The average molecular weight is 354 g/mol. The minimum atomic E-state index is -1.03. The molecule has 0 aliphatic rings. The van der Waals surface area contributed by atoms with E-state index in [1.165, 1.54) is 0 Å². The molecular weight excluding hydrogens is 338 g/mol.